The lowest BCUT2D eigenvalue weighted by molar-refractivity contribution is 0.0719. The molecule has 0 saturated heterocycles. The lowest BCUT2D eigenvalue weighted by Gasteiger charge is -2.31. The molecule has 0 radical (unpaired) electrons. The molecule has 1 atom stereocenters. The predicted octanol–water partition coefficient (Wildman–Crippen LogP) is 2.20. The predicted molar refractivity (Wildman–Crippen MR) is 108 cm³/mol. The molecule has 4 rings (SSSR count). The number of nitrogens with zero attached hydrogens (tertiary/aromatic N) is 4. The fraction of sp³-hybridized carbons (Fsp3) is 0.182. The van der Waals surface area contributed by atoms with E-state index in [-0.39, 0.29) is 30.3 Å². The first-order valence-corrected chi connectivity index (χ1v) is 9.48. The molecule has 2 aromatic carbocycles. The third-order valence-electron chi connectivity index (χ3n) is 5.16. The van der Waals surface area contributed by atoms with E-state index in [2.05, 4.69) is 16.5 Å². The maximum atomic E-state index is 13.0. The second-order valence-corrected chi connectivity index (χ2v) is 7.24. The largest absolute Gasteiger partial charge is 0.504 e. The molecule has 0 fully saturated rings. The van der Waals surface area contributed by atoms with Gasteiger partial charge in [0.2, 0.25) is 0 Å². The quantitative estimate of drug-likeness (QED) is 0.674. The van der Waals surface area contributed by atoms with Gasteiger partial charge in [0, 0.05) is 20.1 Å². The van der Waals surface area contributed by atoms with Crippen molar-refractivity contribution in [2.24, 2.45) is 0 Å². The standard InChI is InChI=1S/C22H18FN5O3/c1-27-12-17(15-4-2-3-14(9-15)10-24)28-19(22(27)31)20(29)18(26-28)21(30)25-11-13-5-7-16(23)8-6-13/h2-9,17,29H,11-12H2,1H3,(H,25,30). The Hall–Kier alpha value is -4.19. The molecule has 0 saturated carbocycles. The summed E-state index contributed by atoms with van der Waals surface area (Å²) < 4.78 is 14.4. The number of rotatable bonds is 4. The van der Waals surface area contributed by atoms with Crippen LogP contribution in [0.3, 0.4) is 0 Å². The number of likely N-dealkylation sites (N-methyl/N-ethyl adjacent to an activating group) is 1. The van der Waals surface area contributed by atoms with Gasteiger partial charge in [-0.25, -0.2) is 9.07 Å². The normalized spacial score (nSPS) is 15.3. The van der Waals surface area contributed by atoms with Crippen molar-refractivity contribution in [2.75, 3.05) is 13.6 Å². The zero-order chi connectivity index (χ0) is 22.1. The summed E-state index contributed by atoms with van der Waals surface area (Å²) in [5.74, 6) is -2.02. The van der Waals surface area contributed by atoms with Gasteiger partial charge in [0.1, 0.15) is 5.82 Å². The number of aromatic hydroxyl groups is 1. The van der Waals surface area contributed by atoms with Crippen LogP contribution in [0.1, 0.15) is 43.7 Å². The summed E-state index contributed by atoms with van der Waals surface area (Å²) in [4.78, 5) is 26.8. The van der Waals surface area contributed by atoms with Crippen molar-refractivity contribution >= 4 is 11.8 Å². The molecule has 0 aliphatic carbocycles. The van der Waals surface area contributed by atoms with Crippen LogP contribution in [-0.2, 0) is 6.54 Å². The van der Waals surface area contributed by atoms with Gasteiger partial charge in [0.15, 0.2) is 17.1 Å². The van der Waals surface area contributed by atoms with Gasteiger partial charge in [-0.2, -0.15) is 10.4 Å². The van der Waals surface area contributed by atoms with Crippen LogP contribution in [0.5, 0.6) is 5.75 Å². The molecule has 3 aromatic rings. The van der Waals surface area contributed by atoms with Gasteiger partial charge in [-0.05, 0) is 35.4 Å². The van der Waals surface area contributed by atoms with Gasteiger partial charge >= 0.3 is 0 Å². The summed E-state index contributed by atoms with van der Waals surface area (Å²) in [6.45, 7) is 0.362. The van der Waals surface area contributed by atoms with Crippen molar-refractivity contribution in [1.82, 2.24) is 20.0 Å². The Labute approximate surface area is 177 Å². The Morgan fingerprint density at radius 1 is 1.32 bits per heavy atom. The number of nitrogens with one attached hydrogen (secondary N) is 1. The van der Waals surface area contributed by atoms with Crippen LogP contribution in [0, 0.1) is 17.1 Å². The monoisotopic (exact) mass is 419 g/mol. The fourth-order valence-corrected chi connectivity index (χ4v) is 3.53. The van der Waals surface area contributed by atoms with Gasteiger partial charge in [0.05, 0.1) is 17.7 Å². The van der Waals surface area contributed by atoms with E-state index in [0.29, 0.717) is 11.1 Å². The molecular weight excluding hydrogens is 401 g/mol. The van der Waals surface area contributed by atoms with Gasteiger partial charge in [-0.15, -0.1) is 0 Å². The van der Waals surface area contributed by atoms with E-state index >= 15 is 0 Å². The first kappa shape index (κ1) is 20.1. The number of hydrogen-bond acceptors (Lipinski definition) is 5. The van der Waals surface area contributed by atoms with E-state index in [9.17, 15) is 24.3 Å². The molecule has 9 heteroatoms. The molecule has 1 aliphatic heterocycles. The highest BCUT2D eigenvalue weighted by Crippen LogP contribution is 2.33. The Bertz CT molecular complexity index is 1210. The van der Waals surface area contributed by atoms with Crippen molar-refractivity contribution in [3.05, 3.63) is 82.4 Å². The smallest absolute Gasteiger partial charge is 0.275 e. The van der Waals surface area contributed by atoms with Crippen molar-refractivity contribution in [2.45, 2.75) is 12.6 Å². The van der Waals surface area contributed by atoms with Crippen molar-refractivity contribution in [3.63, 3.8) is 0 Å². The zero-order valence-electron chi connectivity index (χ0n) is 16.5. The third kappa shape index (κ3) is 3.71. The number of nitriles is 1. The third-order valence-corrected chi connectivity index (χ3v) is 5.16. The van der Waals surface area contributed by atoms with E-state index < -0.39 is 23.6 Å². The van der Waals surface area contributed by atoms with Crippen LogP contribution >= 0.6 is 0 Å². The number of fused-ring (bicyclic) bond motifs is 1. The van der Waals surface area contributed by atoms with Gasteiger partial charge < -0.3 is 15.3 Å². The van der Waals surface area contributed by atoms with Crippen molar-refractivity contribution in [1.29, 1.82) is 5.26 Å². The lowest BCUT2D eigenvalue weighted by atomic mass is 10.0. The number of halogens is 1. The average Bonchev–Trinajstić information content (AvgIpc) is 3.13. The summed E-state index contributed by atoms with van der Waals surface area (Å²) >= 11 is 0. The van der Waals surface area contributed by atoms with Crippen LogP contribution in [0.25, 0.3) is 0 Å². The van der Waals surface area contributed by atoms with Crippen LogP contribution in [0.2, 0.25) is 0 Å². The topological polar surface area (TPSA) is 111 Å². The molecule has 1 unspecified atom stereocenters. The van der Waals surface area contributed by atoms with E-state index in [4.69, 9.17) is 0 Å². The molecule has 0 spiro atoms. The lowest BCUT2D eigenvalue weighted by Crippen LogP contribution is -2.41. The highest BCUT2D eigenvalue weighted by molar-refractivity contribution is 6.02. The minimum absolute atomic E-state index is 0.0898. The molecule has 2 heterocycles. The highest BCUT2D eigenvalue weighted by Gasteiger charge is 2.37. The second-order valence-electron chi connectivity index (χ2n) is 7.24. The minimum atomic E-state index is -0.663. The molecule has 2 N–H and O–H groups in total. The number of carbonyl (C=O) groups is 2. The summed E-state index contributed by atoms with van der Waals surface area (Å²) in [6.07, 6.45) is 0. The van der Waals surface area contributed by atoms with Gasteiger partial charge in [0.25, 0.3) is 11.8 Å². The Morgan fingerprint density at radius 3 is 2.77 bits per heavy atom. The maximum Gasteiger partial charge on any atom is 0.275 e. The summed E-state index contributed by atoms with van der Waals surface area (Å²) in [5.41, 5.74) is 1.48. The Kier molecular flexibility index (Phi) is 5.13. The summed E-state index contributed by atoms with van der Waals surface area (Å²) in [6, 6.07) is 14.1. The van der Waals surface area contributed by atoms with Crippen LogP contribution in [0.4, 0.5) is 4.39 Å². The number of hydrogen-bond donors (Lipinski definition) is 2. The first-order chi connectivity index (χ1) is 14.9. The molecule has 2 amide bonds. The second kappa shape index (κ2) is 7.91. The van der Waals surface area contributed by atoms with Crippen molar-refractivity contribution < 1.29 is 19.1 Å². The number of aromatic nitrogens is 2. The van der Waals surface area contributed by atoms with E-state index in [1.54, 1.807) is 31.3 Å². The fourth-order valence-electron chi connectivity index (χ4n) is 3.53. The average molecular weight is 419 g/mol. The van der Waals surface area contributed by atoms with Crippen molar-refractivity contribution in [3.8, 4) is 11.8 Å². The Balaban J connectivity index is 1.67. The molecule has 1 aliphatic rings. The van der Waals surface area contributed by atoms with Crippen LogP contribution in [0.15, 0.2) is 48.5 Å². The van der Waals surface area contributed by atoms with Crippen LogP contribution in [-0.4, -0.2) is 45.2 Å². The Morgan fingerprint density at radius 2 is 2.06 bits per heavy atom. The number of carbonyl (C=O) groups excluding carboxylic acids is 2. The van der Waals surface area contributed by atoms with Gasteiger partial charge in [-0.3, -0.25) is 9.59 Å². The highest BCUT2D eigenvalue weighted by atomic mass is 19.1. The van der Waals surface area contributed by atoms with E-state index in [1.165, 1.54) is 33.8 Å². The molecule has 31 heavy (non-hydrogen) atoms. The number of benzene rings is 2. The SMILES string of the molecule is CN1CC(c2cccc(C#N)c2)n2nc(C(=O)NCc3ccc(F)cc3)c(O)c2C1=O. The summed E-state index contributed by atoms with van der Waals surface area (Å²) in [7, 11) is 1.59. The molecule has 1 aromatic heterocycles. The molecule has 8 nitrogen and oxygen atoms in total. The van der Waals surface area contributed by atoms with Gasteiger partial charge in [-0.1, -0.05) is 24.3 Å². The molecule has 156 valence electrons. The zero-order valence-corrected chi connectivity index (χ0v) is 16.5. The molecular formula is C22H18FN5O3. The first-order valence-electron chi connectivity index (χ1n) is 9.48. The maximum absolute atomic E-state index is 13.0. The summed E-state index contributed by atoms with van der Waals surface area (Å²) in [5, 5.41) is 26.7. The van der Waals surface area contributed by atoms with E-state index in [0.717, 1.165) is 5.56 Å². The van der Waals surface area contributed by atoms with Crippen LogP contribution < -0.4 is 5.32 Å². The van der Waals surface area contributed by atoms with E-state index in [1.807, 2.05) is 0 Å². The number of amides is 2. The minimum Gasteiger partial charge on any atom is -0.504 e. The molecule has 0 bridgehead atoms.